The number of fused-ring (bicyclic) bond motifs is 1. The van der Waals surface area contributed by atoms with E-state index in [2.05, 4.69) is 9.98 Å². The second kappa shape index (κ2) is 8.86. The third kappa shape index (κ3) is 3.91. The first-order chi connectivity index (χ1) is 14.6. The summed E-state index contributed by atoms with van der Waals surface area (Å²) in [6.07, 6.45) is 10.2. The maximum atomic E-state index is 12.5. The van der Waals surface area contributed by atoms with Crippen LogP contribution in [0.3, 0.4) is 0 Å². The molecule has 0 bridgehead atoms. The fourth-order valence-corrected chi connectivity index (χ4v) is 5.66. The molecule has 0 saturated heterocycles. The molecule has 0 aromatic heterocycles. The standard InChI is InChI=1S/C23H24N2O5/c26-12-24-16-8-4-14(5-9-16)20(15-6-10-17(11-7-15)25-13-27)18-2-1-3-19-21(18)23(29)30-22(19)28/h1-3,14-17,20H,4-11H2. The Balaban J connectivity index is 1.66. The average Bonchev–Trinajstić information content (AvgIpc) is 3.05. The Morgan fingerprint density at radius 2 is 1.33 bits per heavy atom. The smallest absolute Gasteiger partial charge is 0.347 e. The van der Waals surface area contributed by atoms with Gasteiger partial charge in [0, 0.05) is 0 Å². The summed E-state index contributed by atoms with van der Waals surface area (Å²) >= 11 is 0. The highest BCUT2D eigenvalue weighted by Gasteiger charge is 2.41. The van der Waals surface area contributed by atoms with Gasteiger partial charge >= 0.3 is 11.9 Å². The minimum absolute atomic E-state index is 0.0186. The number of carbonyl (C=O) groups excluding carboxylic acids is 4. The van der Waals surface area contributed by atoms with Crippen molar-refractivity contribution in [2.45, 2.75) is 69.4 Å². The lowest BCUT2D eigenvalue weighted by Crippen LogP contribution is -2.31. The van der Waals surface area contributed by atoms with Crippen molar-refractivity contribution in [2.75, 3.05) is 0 Å². The van der Waals surface area contributed by atoms with E-state index in [1.165, 1.54) is 0 Å². The van der Waals surface area contributed by atoms with E-state index in [0.29, 0.717) is 23.0 Å². The van der Waals surface area contributed by atoms with Gasteiger partial charge in [-0.3, -0.25) is 0 Å². The maximum Gasteiger partial charge on any atom is 0.347 e. The number of aliphatic imine (C=N–C) groups is 2. The summed E-state index contributed by atoms with van der Waals surface area (Å²) < 4.78 is 4.90. The van der Waals surface area contributed by atoms with E-state index in [-0.39, 0.29) is 18.0 Å². The van der Waals surface area contributed by atoms with Crippen LogP contribution in [0.1, 0.15) is 83.6 Å². The highest BCUT2D eigenvalue weighted by molar-refractivity contribution is 6.15. The van der Waals surface area contributed by atoms with Gasteiger partial charge in [0.15, 0.2) is 0 Å². The normalized spacial score (nSPS) is 29.2. The lowest BCUT2D eigenvalue weighted by Gasteiger charge is -2.40. The quantitative estimate of drug-likeness (QED) is 0.318. The summed E-state index contributed by atoms with van der Waals surface area (Å²) in [6.45, 7) is 0. The molecule has 0 N–H and O–H groups in total. The Labute approximate surface area is 174 Å². The number of esters is 2. The van der Waals surface area contributed by atoms with E-state index in [1.54, 1.807) is 18.2 Å². The van der Waals surface area contributed by atoms with Gasteiger partial charge in [0.05, 0.1) is 23.2 Å². The molecule has 0 amide bonds. The van der Waals surface area contributed by atoms with Gasteiger partial charge in [-0.15, -0.1) is 0 Å². The van der Waals surface area contributed by atoms with Crippen molar-refractivity contribution >= 4 is 24.1 Å². The number of nitrogens with zero attached hydrogens (tertiary/aromatic N) is 2. The van der Waals surface area contributed by atoms with Crippen molar-refractivity contribution < 1.29 is 23.9 Å². The zero-order valence-corrected chi connectivity index (χ0v) is 16.7. The Bertz CT molecular complexity index is 891. The lowest BCUT2D eigenvalue weighted by molar-refractivity contribution is 0.0442. The summed E-state index contributed by atoms with van der Waals surface area (Å²) in [5, 5.41) is 0. The van der Waals surface area contributed by atoms with Crippen LogP contribution in [-0.4, -0.2) is 36.2 Å². The SMILES string of the molecule is O=C=NC1CCC(C(c2cccc3c2C(=O)OC3=O)C2CCC(N=C=O)CC2)CC1. The number of rotatable bonds is 5. The molecule has 7 heteroatoms. The number of benzene rings is 1. The second-order valence-electron chi connectivity index (χ2n) is 8.55. The number of isocyanates is 2. The molecule has 2 aliphatic carbocycles. The van der Waals surface area contributed by atoms with Crippen LogP contribution in [0.15, 0.2) is 28.2 Å². The van der Waals surface area contributed by atoms with E-state index in [1.807, 2.05) is 12.1 Å². The predicted molar refractivity (Wildman–Crippen MR) is 107 cm³/mol. The molecule has 2 saturated carbocycles. The van der Waals surface area contributed by atoms with E-state index in [0.717, 1.165) is 56.9 Å². The van der Waals surface area contributed by atoms with E-state index in [9.17, 15) is 19.2 Å². The van der Waals surface area contributed by atoms with Crippen molar-refractivity contribution in [3.8, 4) is 0 Å². The van der Waals surface area contributed by atoms with Crippen LogP contribution in [0.5, 0.6) is 0 Å². The number of cyclic esters (lactones) is 2. The van der Waals surface area contributed by atoms with Gasteiger partial charge in [-0.25, -0.2) is 29.2 Å². The molecular weight excluding hydrogens is 384 g/mol. The summed E-state index contributed by atoms with van der Waals surface area (Å²) in [6, 6.07) is 5.46. The summed E-state index contributed by atoms with van der Waals surface area (Å²) in [7, 11) is 0. The lowest BCUT2D eigenvalue weighted by atomic mass is 9.65. The van der Waals surface area contributed by atoms with Crippen LogP contribution in [0.4, 0.5) is 0 Å². The molecule has 0 radical (unpaired) electrons. The first-order valence-electron chi connectivity index (χ1n) is 10.7. The van der Waals surface area contributed by atoms with Gasteiger partial charge < -0.3 is 4.74 Å². The highest BCUT2D eigenvalue weighted by Crippen LogP contribution is 2.48. The zero-order chi connectivity index (χ0) is 21.1. The van der Waals surface area contributed by atoms with Crippen LogP contribution >= 0.6 is 0 Å². The van der Waals surface area contributed by atoms with Crippen LogP contribution in [0.25, 0.3) is 0 Å². The third-order valence-corrected chi connectivity index (χ3v) is 7.03. The fourth-order valence-electron chi connectivity index (χ4n) is 5.66. The van der Waals surface area contributed by atoms with Crippen molar-refractivity contribution in [1.82, 2.24) is 0 Å². The van der Waals surface area contributed by atoms with Crippen LogP contribution in [0, 0.1) is 11.8 Å². The molecule has 0 unspecified atom stereocenters. The molecule has 1 aromatic carbocycles. The van der Waals surface area contributed by atoms with E-state index < -0.39 is 11.9 Å². The molecule has 1 aromatic rings. The Morgan fingerprint density at radius 1 is 0.800 bits per heavy atom. The van der Waals surface area contributed by atoms with Crippen LogP contribution < -0.4 is 0 Å². The molecule has 30 heavy (non-hydrogen) atoms. The van der Waals surface area contributed by atoms with Crippen molar-refractivity contribution in [3.63, 3.8) is 0 Å². The molecule has 1 aliphatic heterocycles. The van der Waals surface area contributed by atoms with Crippen molar-refractivity contribution in [3.05, 3.63) is 34.9 Å². The first-order valence-corrected chi connectivity index (χ1v) is 10.7. The number of carbonyl (C=O) groups is 2. The van der Waals surface area contributed by atoms with Crippen LogP contribution in [-0.2, 0) is 14.3 Å². The number of hydrogen-bond acceptors (Lipinski definition) is 7. The summed E-state index contributed by atoms with van der Waals surface area (Å²) in [5.41, 5.74) is 1.66. The Kier molecular flexibility index (Phi) is 6.03. The number of hydrogen-bond donors (Lipinski definition) is 0. The fraction of sp³-hybridized carbons (Fsp3) is 0.565. The van der Waals surface area contributed by atoms with E-state index >= 15 is 0 Å². The summed E-state index contributed by atoms with van der Waals surface area (Å²) in [4.78, 5) is 53.6. The third-order valence-electron chi connectivity index (χ3n) is 7.03. The maximum absolute atomic E-state index is 12.5. The van der Waals surface area contributed by atoms with Crippen molar-refractivity contribution in [1.29, 1.82) is 0 Å². The molecule has 0 spiro atoms. The van der Waals surface area contributed by atoms with Gasteiger partial charge in [0.25, 0.3) is 0 Å². The molecule has 0 atom stereocenters. The van der Waals surface area contributed by atoms with E-state index in [4.69, 9.17) is 4.74 Å². The topological polar surface area (TPSA) is 102 Å². The minimum Gasteiger partial charge on any atom is -0.386 e. The predicted octanol–water partition coefficient (Wildman–Crippen LogP) is 3.87. The molecule has 1 heterocycles. The van der Waals surface area contributed by atoms with Gasteiger partial charge in [0.1, 0.15) is 0 Å². The molecular formula is C23H24N2O5. The minimum atomic E-state index is -0.580. The largest absolute Gasteiger partial charge is 0.386 e. The molecule has 4 rings (SSSR count). The molecule has 2 fully saturated rings. The first kappa shape index (κ1) is 20.4. The second-order valence-corrected chi connectivity index (χ2v) is 8.55. The van der Waals surface area contributed by atoms with Gasteiger partial charge in [-0.2, -0.15) is 0 Å². The van der Waals surface area contributed by atoms with Gasteiger partial charge in [-0.1, -0.05) is 12.1 Å². The Morgan fingerprint density at radius 3 is 1.83 bits per heavy atom. The monoisotopic (exact) mass is 408 g/mol. The summed E-state index contributed by atoms with van der Waals surface area (Å²) in [5.74, 6) is -0.373. The van der Waals surface area contributed by atoms with Gasteiger partial charge in [0.2, 0.25) is 12.2 Å². The van der Waals surface area contributed by atoms with Crippen LogP contribution in [0.2, 0.25) is 0 Å². The number of ether oxygens (including phenoxy) is 1. The van der Waals surface area contributed by atoms with Crippen molar-refractivity contribution in [2.24, 2.45) is 21.8 Å². The Hall–Kier alpha value is -2.88. The molecule has 3 aliphatic rings. The average molecular weight is 408 g/mol. The molecule has 156 valence electrons. The highest BCUT2D eigenvalue weighted by atomic mass is 16.6. The van der Waals surface area contributed by atoms with Gasteiger partial charge in [-0.05, 0) is 80.8 Å². The molecule has 7 nitrogen and oxygen atoms in total. The zero-order valence-electron chi connectivity index (χ0n) is 16.7.